The lowest BCUT2D eigenvalue weighted by Crippen LogP contribution is -2.29. The Labute approximate surface area is 110 Å². The molecule has 0 N–H and O–H groups in total. The Morgan fingerprint density at radius 1 is 1.18 bits per heavy atom. The predicted octanol–water partition coefficient (Wildman–Crippen LogP) is 3.08. The normalized spacial score (nSPS) is 17.7. The third-order valence-electron chi connectivity index (χ3n) is 3.36. The first kappa shape index (κ1) is 11.2. The van der Waals surface area contributed by atoms with Crippen LogP contribution in [0.15, 0.2) is 29.0 Å². The van der Waals surface area contributed by atoms with E-state index in [1.165, 1.54) is 32.4 Å². The third-order valence-corrected chi connectivity index (χ3v) is 4.20. The standard InChI is InChI=1S/C13H16BrN3/c14-13-11(10-16-7-3-1-4-8-16)15-12-6-2-5-9-17(12)13/h2,5-6,9H,1,3-4,7-8,10H2. The molecule has 2 aromatic rings. The second kappa shape index (κ2) is 4.78. The summed E-state index contributed by atoms with van der Waals surface area (Å²) in [5.74, 6) is 0. The molecule has 0 amide bonds. The molecule has 1 saturated heterocycles. The summed E-state index contributed by atoms with van der Waals surface area (Å²) >= 11 is 3.65. The van der Waals surface area contributed by atoms with Gasteiger partial charge in [0.05, 0.1) is 5.69 Å². The highest BCUT2D eigenvalue weighted by molar-refractivity contribution is 9.10. The van der Waals surface area contributed by atoms with E-state index in [0.717, 1.165) is 22.5 Å². The maximum atomic E-state index is 4.68. The summed E-state index contributed by atoms with van der Waals surface area (Å²) in [5, 5.41) is 0. The number of fused-ring (bicyclic) bond motifs is 1. The fourth-order valence-electron chi connectivity index (χ4n) is 2.44. The van der Waals surface area contributed by atoms with Crippen LogP contribution in [-0.2, 0) is 6.54 Å². The zero-order valence-corrected chi connectivity index (χ0v) is 11.4. The first-order valence-corrected chi connectivity index (χ1v) is 6.98. The van der Waals surface area contributed by atoms with Gasteiger partial charge in [-0.25, -0.2) is 4.98 Å². The van der Waals surface area contributed by atoms with Gasteiger partial charge in [-0.15, -0.1) is 0 Å². The van der Waals surface area contributed by atoms with Crippen LogP contribution in [0.25, 0.3) is 5.65 Å². The highest BCUT2D eigenvalue weighted by atomic mass is 79.9. The van der Waals surface area contributed by atoms with Crippen molar-refractivity contribution in [2.45, 2.75) is 25.8 Å². The largest absolute Gasteiger partial charge is 0.297 e. The summed E-state index contributed by atoms with van der Waals surface area (Å²) in [6, 6.07) is 6.11. The Hall–Kier alpha value is -0.870. The van der Waals surface area contributed by atoms with Crippen LogP contribution in [0.3, 0.4) is 0 Å². The van der Waals surface area contributed by atoms with Crippen molar-refractivity contribution in [3.05, 3.63) is 34.7 Å². The lowest BCUT2D eigenvalue weighted by molar-refractivity contribution is 0.218. The molecule has 1 aliphatic heterocycles. The van der Waals surface area contributed by atoms with Gasteiger partial charge in [-0.05, 0) is 54.0 Å². The second-order valence-electron chi connectivity index (χ2n) is 4.61. The summed E-state index contributed by atoms with van der Waals surface area (Å²) in [4.78, 5) is 7.18. The minimum atomic E-state index is 0.961. The van der Waals surface area contributed by atoms with Crippen molar-refractivity contribution >= 4 is 21.6 Å². The number of hydrogen-bond acceptors (Lipinski definition) is 2. The first-order valence-electron chi connectivity index (χ1n) is 6.18. The van der Waals surface area contributed by atoms with Crippen LogP contribution in [0, 0.1) is 0 Å². The van der Waals surface area contributed by atoms with Crippen LogP contribution >= 0.6 is 15.9 Å². The summed E-state index contributed by atoms with van der Waals surface area (Å²) < 4.78 is 3.19. The van der Waals surface area contributed by atoms with Crippen LogP contribution in [0.5, 0.6) is 0 Å². The van der Waals surface area contributed by atoms with E-state index in [-0.39, 0.29) is 0 Å². The van der Waals surface area contributed by atoms with Gasteiger partial charge in [-0.1, -0.05) is 12.5 Å². The number of aromatic nitrogens is 2. The minimum absolute atomic E-state index is 0.961. The van der Waals surface area contributed by atoms with E-state index in [1.54, 1.807) is 0 Å². The van der Waals surface area contributed by atoms with Crippen molar-refractivity contribution in [3.63, 3.8) is 0 Å². The fourth-order valence-corrected chi connectivity index (χ4v) is 2.96. The van der Waals surface area contributed by atoms with E-state index in [1.807, 2.05) is 24.4 Å². The highest BCUT2D eigenvalue weighted by Gasteiger charge is 2.15. The Balaban J connectivity index is 1.87. The summed E-state index contributed by atoms with van der Waals surface area (Å²) in [7, 11) is 0. The van der Waals surface area contributed by atoms with Crippen molar-refractivity contribution in [1.29, 1.82) is 0 Å². The molecule has 0 unspecified atom stereocenters. The summed E-state index contributed by atoms with van der Waals surface area (Å²) in [6.07, 6.45) is 6.07. The maximum Gasteiger partial charge on any atom is 0.137 e. The molecule has 0 spiro atoms. The van der Waals surface area contributed by atoms with Crippen LogP contribution < -0.4 is 0 Å². The zero-order valence-electron chi connectivity index (χ0n) is 9.77. The number of pyridine rings is 1. The van der Waals surface area contributed by atoms with Crippen molar-refractivity contribution in [3.8, 4) is 0 Å². The summed E-state index contributed by atoms with van der Waals surface area (Å²) in [5.41, 5.74) is 2.17. The highest BCUT2D eigenvalue weighted by Crippen LogP contribution is 2.21. The quantitative estimate of drug-likeness (QED) is 0.848. The molecule has 0 bridgehead atoms. The van der Waals surface area contributed by atoms with Crippen LogP contribution in [0.4, 0.5) is 0 Å². The van der Waals surface area contributed by atoms with Crippen molar-refractivity contribution in [2.24, 2.45) is 0 Å². The molecule has 0 aromatic carbocycles. The molecule has 2 aromatic heterocycles. The van der Waals surface area contributed by atoms with Crippen LogP contribution in [0.1, 0.15) is 25.0 Å². The van der Waals surface area contributed by atoms with Crippen LogP contribution in [0.2, 0.25) is 0 Å². The fraction of sp³-hybridized carbons (Fsp3) is 0.462. The first-order chi connectivity index (χ1) is 8.34. The predicted molar refractivity (Wildman–Crippen MR) is 72.0 cm³/mol. The van der Waals surface area contributed by atoms with E-state index >= 15 is 0 Å². The molecule has 1 aliphatic rings. The van der Waals surface area contributed by atoms with E-state index in [0.29, 0.717) is 0 Å². The minimum Gasteiger partial charge on any atom is -0.297 e. The van der Waals surface area contributed by atoms with Gasteiger partial charge in [0.15, 0.2) is 0 Å². The van der Waals surface area contributed by atoms with E-state index in [9.17, 15) is 0 Å². The lowest BCUT2D eigenvalue weighted by atomic mass is 10.1. The second-order valence-corrected chi connectivity index (χ2v) is 5.37. The van der Waals surface area contributed by atoms with Crippen molar-refractivity contribution < 1.29 is 0 Å². The molecule has 0 radical (unpaired) electrons. The Morgan fingerprint density at radius 2 is 2.00 bits per heavy atom. The van der Waals surface area contributed by atoms with Crippen molar-refractivity contribution in [2.75, 3.05) is 13.1 Å². The number of imidazole rings is 1. The van der Waals surface area contributed by atoms with Gasteiger partial charge in [0, 0.05) is 12.7 Å². The number of nitrogens with zero attached hydrogens (tertiary/aromatic N) is 3. The number of halogens is 1. The van der Waals surface area contributed by atoms with E-state index in [4.69, 9.17) is 0 Å². The number of piperidine rings is 1. The average Bonchev–Trinajstić information content (AvgIpc) is 2.68. The molecular formula is C13H16BrN3. The van der Waals surface area contributed by atoms with Gasteiger partial charge in [-0.3, -0.25) is 9.30 Å². The molecule has 3 heterocycles. The van der Waals surface area contributed by atoms with Gasteiger partial charge in [0.25, 0.3) is 0 Å². The average molecular weight is 294 g/mol. The number of rotatable bonds is 2. The van der Waals surface area contributed by atoms with Gasteiger partial charge < -0.3 is 0 Å². The lowest BCUT2D eigenvalue weighted by Gasteiger charge is -2.25. The molecule has 3 nitrogen and oxygen atoms in total. The Kier molecular flexibility index (Phi) is 3.16. The Morgan fingerprint density at radius 3 is 2.76 bits per heavy atom. The molecule has 4 heteroatoms. The number of likely N-dealkylation sites (tertiary alicyclic amines) is 1. The molecule has 0 saturated carbocycles. The molecule has 3 rings (SSSR count). The monoisotopic (exact) mass is 293 g/mol. The van der Waals surface area contributed by atoms with Gasteiger partial charge in [0.2, 0.25) is 0 Å². The Bertz CT molecular complexity index is 514. The molecule has 1 fully saturated rings. The van der Waals surface area contributed by atoms with Gasteiger partial charge >= 0.3 is 0 Å². The number of hydrogen-bond donors (Lipinski definition) is 0. The molecule has 17 heavy (non-hydrogen) atoms. The third kappa shape index (κ3) is 2.24. The summed E-state index contributed by atoms with van der Waals surface area (Å²) in [6.45, 7) is 3.38. The van der Waals surface area contributed by atoms with Crippen molar-refractivity contribution in [1.82, 2.24) is 14.3 Å². The van der Waals surface area contributed by atoms with E-state index in [2.05, 4.69) is 30.2 Å². The molecule has 0 atom stereocenters. The zero-order chi connectivity index (χ0) is 11.7. The molecule has 0 aliphatic carbocycles. The molecular weight excluding hydrogens is 278 g/mol. The molecule has 90 valence electrons. The smallest absolute Gasteiger partial charge is 0.137 e. The van der Waals surface area contributed by atoms with E-state index < -0.39 is 0 Å². The van der Waals surface area contributed by atoms with Gasteiger partial charge in [-0.2, -0.15) is 0 Å². The van der Waals surface area contributed by atoms with Gasteiger partial charge in [0.1, 0.15) is 10.3 Å². The topological polar surface area (TPSA) is 20.5 Å². The maximum absolute atomic E-state index is 4.68. The SMILES string of the molecule is Brc1c(CN2CCCCC2)nc2ccccn12. The van der Waals surface area contributed by atoms with Crippen LogP contribution in [-0.4, -0.2) is 27.4 Å².